The molecule has 4 heteroatoms. The normalized spacial score (nSPS) is 15.4. The summed E-state index contributed by atoms with van der Waals surface area (Å²) >= 11 is 0. The minimum Gasteiger partial charge on any atom is -0.504 e. The van der Waals surface area contributed by atoms with Gasteiger partial charge in [0.1, 0.15) is 0 Å². The van der Waals surface area contributed by atoms with Gasteiger partial charge < -0.3 is 14.7 Å². The number of rotatable bonds is 7. The zero-order valence-corrected chi connectivity index (χ0v) is 18.7. The zero-order valence-electron chi connectivity index (χ0n) is 17.7. The predicted molar refractivity (Wildman–Crippen MR) is 122 cm³/mol. The Labute approximate surface area is 171 Å². The van der Waals surface area contributed by atoms with Crippen molar-refractivity contribution in [3.8, 4) is 11.5 Å². The molecule has 1 aliphatic heterocycles. The van der Waals surface area contributed by atoms with E-state index in [0.717, 1.165) is 31.5 Å². The molecule has 3 rings (SSSR count). The van der Waals surface area contributed by atoms with Crippen molar-refractivity contribution in [1.29, 1.82) is 0 Å². The molecular weight excluding hydrogens is 365 g/mol. The van der Waals surface area contributed by atoms with Crippen LogP contribution in [0.4, 0.5) is 5.69 Å². The van der Waals surface area contributed by atoms with Crippen LogP contribution in [0.1, 0.15) is 57.1 Å². The van der Waals surface area contributed by atoms with E-state index >= 15 is 0 Å². The van der Waals surface area contributed by atoms with Gasteiger partial charge in [-0.2, -0.15) is 0 Å². The van der Waals surface area contributed by atoms with Crippen LogP contribution < -0.4 is 14.9 Å². The molecule has 2 aromatic carbocycles. The van der Waals surface area contributed by atoms with E-state index in [1.54, 1.807) is 7.11 Å². The third-order valence-corrected chi connectivity index (χ3v) is 8.61. The van der Waals surface area contributed by atoms with Crippen LogP contribution in [-0.4, -0.2) is 25.3 Å². The number of hydrogen-bond donors (Lipinski definition) is 1. The Balaban J connectivity index is 2.06. The van der Waals surface area contributed by atoms with E-state index in [-0.39, 0.29) is 5.16 Å². The van der Waals surface area contributed by atoms with E-state index in [1.807, 2.05) is 12.1 Å². The van der Waals surface area contributed by atoms with Crippen LogP contribution >= 0.6 is 8.58 Å². The first kappa shape index (κ1) is 21.0. The number of anilines is 1. The van der Waals surface area contributed by atoms with Gasteiger partial charge in [0.05, 0.1) is 7.11 Å². The standard InChI is InChI=1S/C24H34NO2P/c1-5-24(6-2,19-13-11-15-21(27-4)22(19)26)28-23-18(3)12-10-14-20(23)25-16-8-7-9-17-25/h10-15,26,28H,5-9,16-17H2,1-4H3. The Hall–Kier alpha value is -1.73. The van der Waals surface area contributed by atoms with Gasteiger partial charge in [-0.05, 0) is 62.0 Å². The van der Waals surface area contributed by atoms with Crippen LogP contribution in [0.25, 0.3) is 0 Å². The Morgan fingerprint density at radius 3 is 2.36 bits per heavy atom. The van der Waals surface area contributed by atoms with Gasteiger partial charge in [-0.15, -0.1) is 0 Å². The second kappa shape index (κ2) is 9.18. The van der Waals surface area contributed by atoms with Gasteiger partial charge in [0, 0.05) is 29.5 Å². The van der Waals surface area contributed by atoms with Gasteiger partial charge in [0.25, 0.3) is 0 Å². The Morgan fingerprint density at radius 1 is 1.04 bits per heavy atom. The first-order valence-corrected chi connectivity index (χ1v) is 11.6. The van der Waals surface area contributed by atoms with Crippen LogP contribution in [0.3, 0.4) is 0 Å². The van der Waals surface area contributed by atoms with E-state index in [2.05, 4.69) is 49.9 Å². The Kier molecular flexibility index (Phi) is 6.88. The van der Waals surface area contributed by atoms with E-state index < -0.39 is 0 Å². The Bertz CT molecular complexity index is 795. The van der Waals surface area contributed by atoms with Gasteiger partial charge in [-0.3, -0.25) is 0 Å². The van der Waals surface area contributed by atoms with Crippen molar-refractivity contribution in [2.24, 2.45) is 0 Å². The second-order valence-corrected chi connectivity index (χ2v) is 9.49. The first-order chi connectivity index (χ1) is 13.6. The molecule has 0 aromatic heterocycles. The maximum Gasteiger partial charge on any atom is 0.161 e. The number of piperidine rings is 1. The summed E-state index contributed by atoms with van der Waals surface area (Å²) in [5.74, 6) is 0.865. The Morgan fingerprint density at radius 2 is 1.71 bits per heavy atom. The van der Waals surface area contributed by atoms with Crippen LogP contribution in [0.5, 0.6) is 11.5 Å². The molecular formula is C24H34NO2P. The van der Waals surface area contributed by atoms with Crippen molar-refractivity contribution in [3.63, 3.8) is 0 Å². The zero-order chi connectivity index (χ0) is 20.1. The molecule has 1 atom stereocenters. The average molecular weight is 400 g/mol. The molecule has 0 spiro atoms. The highest BCUT2D eigenvalue weighted by molar-refractivity contribution is 7.49. The number of hydrogen-bond acceptors (Lipinski definition) is 3. The fourth-order valence-corrected chi connectivity index (χ4v) is 6.22. The van der Waals surface area contributed by atoms with Crippen molar-refractivity contribution >= 4 is 19.6 Å². The summed E-state index contributed by atoms with van der Waals surface area (Å²) in [6.07, 6.45) is 5.86. The van der Waals surface area contributed by atoms with Crippen molar-refractivity contribution < 1.29 is 9.84 Å². The van der Waals surface area contributed by atoms with Crippen LogP contribution in [0.15, 0.2) is 36.4 Å². The van der Waals surface area contributed by atoms with E-state index in [0.29, 0.717) is 20.1 Å². The lowest BCUT2D eigenvalue weighted by Gasteiger charge is -2.37. The van der Waals surface area contributed by atoms with Crippen LogP contribution in [-0.2, 0) is 5.16 Å². The summed E-state index contributed by atoms with van der Waals surface area (Å²) in [5, 5.41) is 12.3. The largest absolute Gasteiger partial charge is 0.504 e. The molecule has 0 aliphatic carbocycles. The molecule has 1 saturated heterocycles. The fraction of sp³-hybridized carbons (Fsp3) is 0.500. The molecule has 28 heavy (non-hydrogen) atoms. The highest BCUT2D eigenvalue weighted by Gasteiger charge is 2.34. The molecule has 1 aliphatic rings. The van der Waals surface area contributed by atoms with Gasteiger partial charge in [-0.25, -0.2) is 0 Å². The molecule has 2 aromatic rings. The lowest BCUT2D eigenvalue weighted by atomic mass is 9.91. The number of benzene rings is 2. The number of phenolic OH excluding ortho intramolecular Hbond substituents is 1. The summed E-state index contributed by atoms with van der Waals surface area (Å²) in [4.78, 5) is 2.57. The van der Waals surface area contributed by atoms with Gasteiger partial charge in [0.2, 0.25) is 0 Å². The highest BCUT2D eigenvalue weighted by Crippen LogP contribution is 2.52. The number of methoxy groups -OCH3 is 1. The lowest BCUT2D eigenvalue weighted by molar-refractivity contribution is 0.365. The molecule has 0 saturated carbocycles. The van der Waals surface area contributed by atoms with Crippen molar-refractivity contribution in [2.75, 3.05) is 25.1 Å². The summed E-state index contributed by atoms with van der Waals surface area (Å²) in [6, 6.07) is 12.6. The molecule has 1 unspecified atom stereocenters. The molecule has 0 amide bonds. The third-order valence-electron chi connectivity index (χ3n) is 6.25. The van der Waals surface area contributed by atoms with Crippen molar-refractivity contribution in [3.05, 3.63) is 47.5 Å². The van der Waals surface area contributed by atoms with Crippen LogP contribution in [0, 0.1) is 6.92 Å². The van der Waals surface area contributed by atoms with E-state index in [9.17, 15) is 5.11 Å². The second-order valence-electron chi connectivity index (χ2n) is 7.79. The monoisotopic (exact) mass is 399 g/mol. The molecule has 1 N–H and O–H groups in total. The first-order valence-electron chi connectivity index (χ1n) is 10.6. The maximum atomic E-state index is 10.9. The van der Waals surface area contributed by atoms with Gasteiger partial charge >= 0.3 is 0 Å². The number of phenols is 1. The van der Waals surface area contributed by atoms with Crippen molar-refractivity contribution in [1.82, 2.24) is 0 Å². The number of aryl methyl sites for hydroxylation is 1. The van der Waals surface area contributed by atoms with Gasteiger partial charge in [0.15, 0.2) is 11.5 Å². The quantitative estimate of drug-likeness (QED) is 0.605. The lowest BCUT2D eigenvalue weighted by Crippen LogP contribution is -2.34. The summed E-state index contributed by atoms with van der Waals surface area (Å²) in [5.41, 5.74) is 3.77. The number of nitrogens with zero attached hydrogens (tertiary/aromatic N) is 1. The van der Waals surface area contributed by atoms with Crippen molar-refractivity contribution in [2.45, 2.75) is 58.0 Å². The number of aromatic hydroxyl groups is 1. The molecule has 1 fully saturated rings. The molecule has 152 valence electrons. The maximum absolute atomic E-state index is 10.9. The SMILES string of the molecule is CCC(CC)(Pc1c(C)cccc1N1CCCCC1)c1cccc(OC)c1O. The highest BCUT2D eigenvalue weighted by atomic mass is 31.1. The third kappa shape index (κ3) is 4.01. The van der Waals surface area contributed by atoms with E-state index in [1.165, 1.54) is 35.8 Å². The fourth-order valence-electron chi connectivity index (χ4n) is 4.40. The minimum absolute atomic E-state index is 0.0880. The molecule has 0 radical (unpaired) electrons. The molecule has 0 bridgehead atoms. The molecule has 1 heterocycles. The van der Waals surface area contributed by atoms with E-state index in [4.69, 9.17) is 4.74 Å². The minimum atomic E-state index is -0.0880. The predicted octanol–water partition coefficient (Wildman–Crippen LogP) is 5.72. The number of ether oxygens (including phenoxy) is 1. The smallest absolute Gasteiger partial charge is 0.161 e. The summed E-state index contributed by atoms with van der Waals surface area (Å²) in [6.45, 7) is 9.02. The summed E-state index contributed by atoms with van der Waals surface area (Å²) in [7, 11) is 2.22. The topological polar surface area (TPSA) is 32.7 Å². The van der Waals surface area contributed by atoms with Gasteiger partial charge in [-0.1, -0.05) is 46.7 Å². The number of para-hydroxylation sites is 1. The average Bonchev–Trinajstić information content (AvgIpc) is 2.74. The summed E-state index contributed by atoms with van der Waals surface area (Å²) < 4.78 is 5.41. The molecule has 3 nitrogen and oxygen atoms in total. The van der Waals surface area contributed by atoms with Crippen LogP contribution in [0.2, 0.25) is 0 Å².